The molecule has 1 heterocycles. The smallest absolute Gasteiger partial charge is 0.258 e. The van der Waals surface area contributed by atoms with Gasteiger partial charge in [0.05, 0.1) is 30.9 Å². The van der Waals surface area contributed by atoms with E-state index in [0.29, 0.717) is 39.1 Å². The Labute approximate surface area is 138 Å². The normalized spacial score (nSPS) is 12.0. The number of nitrogens with one attached hydrogen (secondary N) is 1. The molecule has 0 aliphatic rings. The Bertz CT molecular complexity index is 786. The highest BCUT2D eigenvalue weighted by molar-refractivity contribution is 8.13. The number of hydrogen-bond donors (Lipinski definition) is 2. The van der Waals surface area contributed by atoms with Gasteiger partial charge >= 0.3 is 0 Å². The van der Waals surface area contributed by atoms with Gasteiger partial charge in [-0.25, -0.2) is 4.98 Å². The number of amidine groups is 1. The first-order valence-electron chi connectivity index (χ1n) is 7.05. The molecule has 0 radical (unpaired) electrons. The van der Waals surface area contributed by atoms with E-state index in [4.69, 9.17) is 15.2 Å². The van der Waals surface area contributed by atoms with Crippen molar-refractivity contribution in [2.24, 2.45) is 10.7 Å². The third-order valence-electron chi connectivity index (χ3n) is 3.00. The molecule has 0 saturated carbocycles. The molecule has 3 N–H and O–H groups in total. The molecule has 0 unspecified atom stereocenters. The first-order valence-corrected chi connectivity index (χ1v) is 8.04. The highest BCUT2D eigenvalue weighted by Crippen LogP contribution is 2.30. The van der Waals surface area contributed by atoms with E-state index in [2.05, 4.69) is 15.0 Å². The number of methoxy groups -OCH3 is 2. The number of hydrogen-bond acceptors (Lipinski definition) is 6. The van der Waals surface area contributed by atoms with E-state index in [1.54, 1.807) is 12.1 Å². The molecular weight excluding hydrogens is 316 g/mol. The molecule has 7 nitrogen and oxygen atoms in total. The van der Waals surface area contributed by atoms with E-state index in [1.807, 2.05) is 13.8 Å². The maximum absolute atomic E-state index is 12.2. The Hall–Kier alpha value is -2.22. The van der Waals surface area contributed by atoms with E-state index in [0.717, 1.165) is 0 Å². The second-order valence-electron chi connectivity index (χ2n) is 5.09. The molecule has 1 aromatic heterocycles. The summed E-state index contributed by atoms with van der Waals surface area (Å²) >= 11 is 1.33. The molecule has 2 aromatic rings. The first-order chi connectivity index (χ1) is 10.9. The lowest BCUT2D eigenvalue weighted by molar-refractivity contribution is 0.355. The van der Waals surface area contributed by atoms with E-state index < -0.39 is 0 Å². The van der Waals surface area contributed by atoms with Crippen LogP contribution in [-0.2, 0) is 5.75 Å². The monoisotopic (exact) mass is 336 g/mol. The highest BCUT2D eigenvalue weighted by Gasteiger charge is 2.11. The number of benzene rings is 1. The average Bonchev–Trinajstić information content (AvgIpc) is 2.51. The van der Waals surface area contributed by atoms with Crippen molar-refractivity contribution in [1.29, 1.82) is 0 Å². The van der Waals surface area contributed by atoms with Gasteiger partial charge < -0.3 is 20.2 Å². The van der Waals surface area contributed by atoms with Crippen LogP contribution in [0.4, 0.5) is 0 Å². The van der Waals surface area contributed by atoms with Gasteiger partial charge in [0, 0.05) is 12.1 Å². The lowest BCUT2D eigenvalue weighted by Gasteiger charge is -2.09. The van der Waals surface area contributed by atoms with Crippen molar-refractivity contribution < 1.29 is 9.47 Å². The minimum Gasteiger partial charge on any atom is -0.493 e. The van der Waals surface area contributed by atoms with Crippen LogP contribution in [0.15, 0.2) is 21.9 Å². The average molecular weight is 336 g/mol. The van der Waals surface area contributed by atoms with Crippen LogP contribution >= 0.6 is 11.8 Å². The number of rotatable bonds is 5. The number of fused-ring (bicyclic) bond motifs is 1. The summed E-state index contributed by atoms with van der Waals surface area (Å²) in [6, 6.07) is 3.43. The number of nitrogens with zero attached hydrogens (tertiary/aromatic N) is 2. The van der Waals surface area contributed by atoms with E-state index in [1.165, 1.54) is 26.0 Å². The van der Waals surface area contributed by atoms with Gasteiger partial charge in [-0.3, -0.25) is 9.79 Å². The van der Waals surface area contributed by atoms with E-state index in [-0.39, 0.29) is 11.6 Å². The quantitative estimate of drug-likeness (QED) is 0.638. The number of aliphatic imine (C=N–C) groups is 1. The van der Waals surface area contributed by atoms with E-state index in [9.17, 15) is 4.79 Å². The van der Waals surface area contributed by atoms with Gasteiger partial charge in [-0.2, -0.15) is 0 Å². The summed E-state index contributed by atoms with van der Waals surface area (Å²) in [7, 11) is 3.06. The molecule has 0 bridgehead atoms. The highest BCUT2D eigenvalue weighted by atomic mass is 32.2. The first kappa shape index (κ1) is 17.1. The molecular formula is C15H20N4O3S. The second-order valence-corrected chi connectivity index (χ2v) is 6.08. The molecule has 0 atom stereocenters. The van der Waals surface area contributed by atoms with Gasteiger partial charge in [-0.1, -0.05) is 11.8 Å². The van der Waals surface area contributed by atoms with Gasteiger partial charge in [0.15, 0.2) is 16.7 Å². The topological polar surface area (TPSA) is 103 Å². The maximum Gasteiger partial charge on any atom is 0.258 e. The van der Waals surface area contributed by atoms with Crippen LogP contribution in [0.5, 0.6) is 11.5 Å². The third-order valence-corrected chi connectivity index (χ3v) is 3.82. The van der Waals surface area contributed by atoms with Gasteiger partial charge in [-0.15, -0.1) is 0 Å². The molecule has 0 saturated heterocycles. The van der Waals surface area contributed by atoms with Crippen molar-refractivity contribution in [2.45, 2.75) is 25.6 Å². The Morgan fingerprint density at radius 2 is 2.00 bits per heavy atom. The Balaban J connectivity index is 2.35. The van der Waals surface area contributed by atoms with Gasteiger partial charge in [0.25, 0.3) is 5.56 Å². The van der Waals surface area contributed by atoms with Gasteiger partial charge in [-0.05, 0) is 19.9 Å². The maximum atomic E-state index is 12.2. The van der Waals surface area contributed by atoms with Crippen LogP contribution in [0, 0.1) is 0 Å². The Morgan fingerprint density at radius 1 is 1.35 bits per heavy atom. The molecule has 0 aliphatic heterocycles. The minimum absolute atomic E-state index is 0.128. The molecule has 0 spiro atoms. The lowest BCUT2D eigenvalue weighted by Crippen LogP contribution is -2.14. The third kappa shape index (κ3) is 4.16. The molecule has 124 valence electrons. The molecule has 1 aromatic carbocycles. The Kier molecular flexibility index (Phi) is 5.49. The zero-order valence-electron chi connectivity index (χ0n) is 13.5. The van der Waals surface area contributed by atoms with Crippen LogP contribution in [0.25, 0.3) is 10.9 Å². The van der Waals surface area contributed by atoms with Crippen LogP contribution in [0.1, 0.15) is 19.7 Å². The van der Waals surface area contributed by atoms with Gasteiger partial charge in [0.1, 0.15) is 5.82 Å². The summed E-state index contributed by atoms with van der Waals surface area (Å²) < 4.78 is 10.4. The summed E-state index contributed by atoms with van der Waals surface area (Å²) in [6.45, 7) is 3.90. The number of ether oxygens (including phenoxy) is 2. The van der Waals surface area contributed by atoms with Crippen molar-refractivity contribution in [1.82, 2.24) is 9.97 Å². The predicted octanol–water partition coefficient (Wildman–Crippen LogP) is 1.90. The Morgan fingerprint density at radius 3 is 2.61 bits per heavy atom. The van der Waals surface area contributed by atoms with Crippen LogP contribution in [-0.4, -0.2) is 35.4 Å². The summed E-state index contributed by atoms with van der Waals surface area (Å²) in [5, 5.41) is 0.912. The van der Waals surface area contributed by atoms with Crippen molar-refractivity contribution in [3.05, 3.63) is 28.3 Å². The fourth-order valence-electron chi connectivity index (χ4n) is 2.02. The number of H-pyrrole nitrogens is 1. The largest absolute Gasteiger partial charge is 0.493 e. The molecule has 0 amide bonds. The SMILES string of the molecule is COc1cc2nc(CSC(N)=NC(C)C)[nH]c(=O)c2cc1OC. The number of thioether (sulfide) groups is 1. The van der Waals surface area contributed by atoms with Crippen LogP contribution in [0.2, 0.25) is 0 Å². The van der Waals surface area contributed by atoms with Crippen molar-refractivity contribution in [3.63, 3.8) is 0 Å². The minimum atomic E-state index is -0.231. The van der Waals surface area contributed by atoms with E-state index >= 15 is 0 Å². The molecule has 2 rings (SSSR count). The summed E-state index contributed by atoms with van der Waals surface area (Å²) in [4.78, 5) is 23.7. The summed E-state index contributed by atoms with van der Waals surface area (Å²) in [6.07, 6.45) is 0. The fourth-order valence-corrected chi connectivity index (χ4v) is 2.72. The summed E-state index contributed by atoms with van der Waals surface area (Å²) in [5.41, 5.74) is 6.13. The van der Waals surface area contributed by atoms with Crippen LogP contribution in [0.3, 0.4) is 0 Å². The molecule has 23 heavy (non-hydrogen) atoms. The number of nitrogens with two attached hydrogens (primary N) is 1. The molecule has 0 fully saturated rings. The van der Waals surface area contributed by atoms with Gasteiger partial charge in [0.2, 0.25) is 0 Å². The zero-order chi connectivity index (χ0) is 17.0. The lowest BCUT2D eigenvalue weighted by atomic mass is 10.2. The standard InChI is InChI=1S/C15H20N4O3S/c1-8(2)17-15(16)23-7-13-18-10-6-12(22-4)11(21-3)5-9(10)14(20)19-13/h5-6,8H,7H2,1-4H3,(H2,16,17)(H,18,19,20). The predicted molar refractivity (Wildman–Crippen MR) is 93.5 cm³/mol. The fraction of sp³-hybridized carbons (Fsp3) is 0.400. The number of aromatic nitrogens is 2. The molecule has 0 aliphatic carbocycles. The second kappa shape index (κ2) is 7.36. The van der Waals surface area contributed by atoms with Crippen molar-refractivity contribution >= 4 is 27.8 Å². The van der Waals surface area contributed by atoms with Crippen molar-refractivity contribution in [2.75, 3.05) is 14.2 Å². The van der Waals surface area contributed by atoms with Crippen LogP contribution < -0.4 is 20.8 Å². The van der Waals surface area contributed by atoms with Crippen molar-refractivity contribution in [3.8, 4) is 11.5 Å². The zero-order valence-corrected chi connectivity index (χ0v) is 14.4. The summed E-state index contributed by atoms with van der Waals surface area (Å²) in [5.74, 6) is 1.98. The number of aromatic amines is 1. The molecule has 8 heteroatoms.